The molecule has 0 fully saturated rings. The molecule has 0 spiro atoms. The molecule has 0 radical (unpaired) electrons. The molecule has 1 amide bonds. The highest BCUT2D eigenvalue weighted by Gasteiger charge is 2.18. The minimum absolute atomic E-state index is 0.0374. The molecule has 0 saturated heterocycles. The molecule has 2 aromatic heterocycles. The fourth-order valence-electron chi connectivity index (χ4n) is 2.59. The highest BCUT2D eigenvalue weighted by atomic mass is 32.1. The van der Waals surface area contributed by atoms with Crippen molar-refractivity contribution in [1.29, 1.82) is 0 Å². The van der Waals surface area contributed by atoms with Crippen molar-refractivity contribution in [2.75, 3.05) is 27.7 Å². The summed E-state index contributed by atoms with van der Waals surface area (Å²) in [5, 5.41) is 5.31. The Morgan fingerprint density at radius 1 is 1.22 bits per heavy atom. The average molecular weight is 383 g/mol. The molecular formula is C19H21N5O2S. The van der Waals surface area contributed by atoms with Crippen LogP contribution in [0.2, 0.25) is 0 Å². The van der Waals surface area contributed by atoms with E-state index in [2.05, 4.69) is 25.2 Å². The van der Waals surface area contributed by atoms with E-state index in [4.69, 9.17) is 4.74 Å². The van der Waals surface area contributed by atoms with Crippen LogP contribution in [0.25, 0.3) is 10.8 Å². The lowest BCUT2D eigenvalue weighted by Crippen LogP contribution is -2.34. The van der Waals surface area contributed by atoms with Gasteiger partial charge in [-0.15, -0.1) is 11.3 Å². The molecule has 3 rings (SSSR count). The second-order valence-corrected chi connectivity index (χ2v) is 6.93. The predicted molar refractivity (Wildman–Crippen MR) is 105 cm³/mol. The van der Waals surface area contributed by atoms with Crippen molar-refractivity contribution >= 4 is 17.2 Å². The lowest BCUT2D eigenvalue weighted by molar-refractivity contribution is 0.0937. The smallest absolute Gasteiger partial charge is 0.270 e. The molecule has 0 saturated carbocycles. The zero-order valence-electron chi connectivity index (χ0n) is 15.4. The highest BCUT2D eigenvalue weighted by Crippen LogP contribution is 2.22. The lowest BCUT2D eigenvalue weighted by Gasteiger charge is -2.25. The summed E-state index contributed by atoms with van der Waals surface area (Å²) in [4.78, 5) is 27.2. The normalized spacial score (nSPS) is 12.0. The van der Waals surface area contributed by atoms with Crippen LogP contribution in [-0.4, -0.2) is 53.5 Å². The zero-order chi connectivity index (χ0) is 19.2. The first-order chi connectivity index (χ1) is 13.1. The molecule has 8 heteroatoms. The van der Waals surface area contributed by atoms with E-state index in [1.165, 1.54) is 11.3 Å². The largest absolute Gasteiger partial charge is 0.497 e. The van der Waals surface area contributed by atoms with Gasteiger partial charge in [0.2, 0.25) is 0 Å². The number of methoxy groups -OCH3 is 1. The van der Waals surface area contributed by atoms with Crippen molar-refractivity contribution in [2.45, 2.75) is 6.04 Å². The third-order valence-electron chi connectivity index (χ3n) is 4.07. The van der Waals surface area contributed by atoms with Gasteiger partial charge in [0.1, 0.15) is 11.4 Å². The minimum atomic E-state index is -0.214. The van der Waals surface area contributed by atoms with Crippen molar-refractivity contribution in [3.63, 3.8) is 0 Å². The fourth-order valence-corrected chi connectivity index (χ4v) is 3.34. The SMILES string of the molecule is COc1ccc(C(CNC(=O)c2csc(-c3ncccn3)n2)N(C)C)cc1. The molecule has 0 bridgehead atoms. The van der Waals surface area contributed by atoms with Crippen LogP contribution in [0.4, 0.5) is 0 Å². The maximum atomic E-state index is 12.5. The van der Waals surface area contributed by atoms with Crippen molar-refractivity contribution in [3.8, 4) is 16.6 Å². The summed E-state index contributed by atoms with van der Waals surface area (Å²) in [6, 6.07) is 9.62. The van der Waals surface area contributed by atoms with E-state index >= 15 is 0 Å². The summed E-state index contributed by atoms with van der Waals surface area (Å²) in [7, 11) is 5.60. The van der Waals surface area contributed by atoms with Crippen LogP contribution < -0.4 is 10.1 Å². The summed E-state index contributed by atoms with van der Waals surface area (Å²) < 4.78 is 5.20. The molecule has 0 aliphatic heterocycles. The van der Waals surface area contributed by atoms with Gasteiger partial charge in [-0.2, -0.15) is 0 Å². The molecule has 1 aromatic carbocycles. The Hall–Kier alpha value is -2.84. The Balaban J connectivity index is 1.66. The summed E-state index contributed by atoms with van der Waals surface area (Å²) in [6.45, 7) is 0.465. The van der Waals surface area contributed by atoms with Crippen LogP contribution >= 0.6 is 11.3 Å². The number of ether oxygens (including phenoxy) is 1. The van der Waals surface area contributed by atoms with E-state index < -0.39 is 0 Å². The summed E-state index contributed by atoms with van der Waals surface area (Å²) in [5.41, 5.74) is 1.47. The number of hydrogen-bond donors (Lipinski definition) is 1. The topological polar surface area (TPSA) is 80.2 Å². The quantitative estimate of drug-likeness (QED) is 0.676. The maximum Gasteiger partial charge on any atom is 0.270 e. The van der Waals surface area contributed by atoms with E-state index in [1.807, 2.05) is 38.4 Å². The van der Waals surface area contributed by atoms with Gasteiger partial charge in [-0.25, -0.2) is 15.0 Å². The van der Waals surface area contributed by atoms with Crippen molar-refractivity contribution in [3.05, 3.63) is 59.4 Å². The van der Waals surface area contributed by atoms with E-state index in [9.17, 15) is 4.79 Å². The van der Waals surface area contributed by atoms with Gasteiger partial charge >= 0.3 is 0 Å². The van der Waals surface area contributed by atoms with Gasteiger partial charge in [-0.3, -0.25) is 4.79 Å². The molecule has 2 heterocycles. The minimum Gasteiger partial charge on any atom is -0.497 e. The van der Waals surface area contributed by atoms with Crippen molar-refractivity contribution in [2.24, 2.45) is 0 Å². The zero-order valence-corrected chi connectivity index (χ0v) is 16.2. The number of thiazole rings is 1. The second-order valence-electron chi connectivity index (χ2n) is 6.07. The first-order valence-electron chi connectivity index (χ1n) is 8.40. The number of nitrogens with one attached hydrogen (secondary N) is 1. The molecule has 3 aromatic rings. The van der Waals surface area contributed by atoms with Crippen LogP contribution in [0, 0.1) is 0 Å². The summed E-state index contributed by atoms with van der Waals surface area (Å²) >= 11 is 1.35. The van der Waals surface area contributed by atoms with Gasteiger partial charge < -0.3 is 15.0 Å². The first-order valence-corrected chi connectivity index (χ1v) is 9.28. The molecule has 140 valence electrons. The maximum absolute atomic E-state index is 12.5. The first kappa shape index (κ1) is 18.9. The third kappa shape index (κ3) is 4.66. The van der Waals surface area contributed by atoms with Gasteiger partial charge in [0.05, 0.1) is 13.2 Å². The Kier molecular flexibility index (Phi) is 6.10. The number of nitrogens with zero attached hydrogens (tertiary/aromatic N) is 4. The van der Waals surface area contributed by atoms with Crippen LogP contribution in [-0.2, 0) is 0 Å². The summed E-state index contributed by atoms with van der Waals surface area (Å²) in [5.74, 6) is 1.11. The molecule has 0 aliphatic carbocycles. The number of hydrogen-bond acceptors (Lipinski definition) is 7. The van der Waals surface area contributed by atoms with Crippen LogP contribution in [0.5, 0.6) is 5.75 Å². The average Bonchev–Trinajstić information content (AvgIpc) is 3.19. The molecular weight excluding hydrogens is 362 g/mol. The van der Waals surface area contributed by atoms with E-state index in [-0.39, 0.29) is 11.9 Å². The van der Waals surface area contributed by atoms with E-state index in [1.54, 1.807) is 30.9 Å². The van der Waals surface area contributed by atoms with Crippen LogP contribution in [0.3, 0.4) is 0 Å². The predicted octanol–water partition coefficient (Wildman–Crippen LogP) is 2.64. The fraction of sp³-hybridized carbons (Fsp3) is 0.263. The molecule has 1 atom stereocenters. The van der Waals surface area contributed by atoms with Gasteiger partial charge in [0, 0.05) is 24.3 Å². The van der Waals surface area contributed by atoms with E-state index in [0.717, 1.165) is 11.3 Å². The number of benzene rings is 1. The molecule has 1 N–H and O–H groups in total. The van der Waals surface area contributed by atoms with Gasteiger partial charge in [0.25, 0.3) is 5.91 Å². The molecule has 7 nitrogen and oxygen atoms in total. The van der Waals surface area contributed by atoms with E-state index in [0.29, 0.717) is 23.1 Å². The lowest BCUT2D eigenvalue weighted by atomic mass is 10.1. The number of carbonyl (C=O) groups is 1. The monoisotopic (exact) mass is 383 g/mol. The van der Waals surface area contributed by atoms with Crippen molar-refractivity contribution < 1.29 is 9.53 Å². The molecule has 1 unspecified atom stereocenters. The Labute approximate surface area is 162 Å². The van der Waals surface area contributed by atoms with Gasteiger partial charge in [0.15, 0.2) is 10.8 Å². The highest BCUT2D eigenvalue weighted by molar-refractivity contribution is 7.13. The van der Waals surface area contributed by atoms with Crippen LogP contribution in [0.15, 0.2) is 48.1 Å². The Morgan fingerprint density at radius 3 is 2.56 bits per heavy atom. The number of rotatable bonds is 7. The number of likely N-dealkylation sites (N-methyl/N-ethyl adjacent to an activating group) is 1. The molecule has 0 aliphatic rings. The van der Waals surface area contributed by atoms with Crippen molar-refractivity contribution in [1.82, 2.24) is 25.2 Å². The second kappa shape index (κ2) is 8.70. The number of aromatic nitrogens is 3. The van der Waals surface area contributed by atoms with Gasteiger partial charge in [-0.1, -0.05) is 12.1 Å². The standard InChI is InChI=1S/C19H21N5O2S/c1-24(2)16(13-5-7-14(26-3)8-6-13)11-22-18(25)15-12-27-19(23-15)17-20-9-4-10-21-17/h4-10,12,16H,11H2,1-3H3,(H,22,25). The number of carbonyl (C=O) groups excluding carboxylic acids is 1. The third-order valence-corrected chi connectivity index (χ3v) is 4.91. The number of amides is 1. The van der Waals surface area contributed by atoms with Crippen LogP contribution in [0.1, 0.15) is 22.1 Å². The summed E-state index contributed by atoms with van der Waals surface area (Å²) in [6.07, 6.45) is 3.31. The Bertz CT molecular complexity index is 881. The van der Waals surface area contributed by atoms with Gasteiger partial charge in [-0.05, 0) is 37.9 Å². The Morgan fingerprint density at radius 2 is 1.93 bits per heavy atom. The molecule has 27 heavy (non-hydrogen) atoms.